The summed E-state index contributed by atoms with van der Waals surface area (Å²) in [5, 5.41) is 0. The molecule has 120 valence electrons. The largest absolute Gasteiger partial charge is 0.465 e. The number of ether oxygens (including phenoxy) is 1. The molecular formula is C20H16IO2S+. The van der Waals surface area contributed by atoms with Gasteiger partial charge in [-0.15, -0.1) is 0 Å². The first-order valence-corrected chi connectivity index (χ1v) is 9.73. The third-order valence-electron chi connectivity index (χ3n) is 3.54. The van der Waals surface area contributed by atoms with Gasteiger partial charge in [0.1, 0.15) is 16.5 Å². The van der Waals surface area contributed by atoms with Crippen molar-refractivity contribution in [3.05, 3.63) is 88.0 Å². The van der Waals surface area contributed by atoms with Crippen molar-refractivity contribution in [3.63, 3.8) is 0 Å². The van der Waals surface area contributed by atoms with E-state index in [2.05, 4.69) is 59.0 Å². The highest BCUT2D eigenvalue weighted by atomic mass is 127. The third-order valence-corrected chi connectivity index (χ3v) is 6.54. The molecule has 0 spiro atoms. The van der Waals surface area contributed by atoms with Gasteiger partial charge in [0, 0.05) is 3.57 Å². The molecule has 0 radical (unpaired) electrons. The summed E-state index contributed by atoms with van der Waals surface area (Å²) in [5.41, 5.74) is 0.616. The molecule has 0 saturated heterocycles. The quantitative estimate of drug-likeness (QED) is 0.313. The van der Waals surface area contributed by atoms with Crippen molar-refractivity contribution >= 4 is 39.5 Å². The van der Waals surface area contributed by atoms with E-state index in [9.17, 15) is 4.79 Å². The summed E-state index contributed by atoms with van der Waals surface area (Å²) in [4.78, 5) is 15.6. The Hall–Kier alpha value is -1.79. The normalized spacial score (nSPS) is 11.8. The minimum atomic E-state index is -0.361. The summed E-state index contributed by atoms with van der Waals surface area (Å²) < 4.78 is 6.17. The van der Waals surface area contributed by atoms with E-state index in [4.69, 9.17) is 4.74 Å². The molecule has 0 bridgehead atoms. The first-order chi connectivity index (χ1) is 11.7. The lowest BCUT2D eigenvalue weighted by Crippen LogP contribution is -2.12. The van der Waals surface area contributed by atoms with Crippen LogP contribution in [0.5, 0.6) is 0 Å². The molecule has 1 atom stereocenters. The Labute approximate surface area is 158 Å². The number of hydrogen-bond donors (Lipinski definition) is 0. The maximum atomic E-state index is 12.2. The smallest absolute Gasteiger partial charge is 0.343 e. The van der Waals surface area contributed by atoms with Gasteiger partial charge in [-0.1, -0.05) is 30.3 Å². The predicted octanol–water partition coefficient (Wildman–Crippen LogP) is 5.17. The van der Waals surface area contributed by atoms with Crippen LogP contribution in [0, 0.1) is 3.57 Å². The molecule has 0 amide bonds. The number of methoxy groups -OCH3 is 1. The van der Waals surface area contributed by atoms with Gasteiger partial charge in [0.05, 0.1) is 7.11 Å². The van der Waals surface area contributed by atoms with E-state index in [0.717, 1.165) is 4.90 Å². The number of esters is 1. The molecular weight excluding hydrogens is 431 g/mol. The van der Waals surface area contributed by atoms with Gasteiger partial charge in [-0.05, 0) is 71.1 Å². The Bertz CT molecular complexity index is 832. The van der Waals surface area contributed by atoms with Crippen molar-refractivity contribution in [2.45, 2.75) is 14.7 Å². The number of carbonyl (C=O) groups excluding carboxylic acids is 1. The molecule has 0 saturated carbocycles. The molecule has 3 aromatic carbocycles. The summed E-state index contributed by atoms with van der Waals surface area (Å²) >= 11 is 2.30. The predicted molar refractivity (Wildman–Crippen MR) is 106 cm³/mol. The number of hydrogen-bond acceptors (Lipinski definition) is 2. The van der Waals surface area contributed by atoms with Crippen molar-refractivity contribution in [2.24, 2.45) is 0 Å². The summed E-state index contributed by atoms with van der Waals surface area (Å²) in [6.07, 6.45) is 0. The first kappa shape index (κ1) is 17.0. The van der Waals surface area contributed by atoms with E-state index >= 15 is 0 Å². The highest BCUT2D eigenvalue weighted by molar-refractivity contribution is 14.1. The van der Waals surface area contributed by atoms with E-state index in [1.54, 1.807) is 0 Å². The van der Waals surface area contributed by atoms with Crippen molar-refractivity contribution in [3.8, 4) is 0 Å². The van der Waals surface area contributed by atoms with Gasteiger partial charge in [-0.3, -0.25) is 0 Å². The van der Waals surface area contributed by atoms with Crippen LogP contribution in [-0.4, -0.2) is 13.1 Å². The lowest BCUT2D eigenvalue weighted by atomic mass is 10.2. The van der Waals surface area contributed by atoms with Crippen molar-refractivity contribution in [1.29, 1.82) is 0 Å². The molecule has 0 aliphatic heterocycles. The topological polar surface area (TPSA) is 26.3 Å². The van der Waals surface area contributed by atoms with Gasteiger partial charge < -0.3 is 4.74 Å². The summed E-state index contributed by atoms with van der Waals surface area (Å²) in [5.74, 6) is -0.301. The molecule has 3 rings (SSSR count). The zero-order valence-corrected chi connectivity index (χ0v) is 16.1. The van der Waals surface area contributed by atoms with Crippen LogP contribution < -0.4 is 0 Å². The van der Waals surface area contributed by atoms with Crippen molar-refractivity contribution < 1.29 is 9.53 Å². The average Bonchev–Trinajstić information content (AvgIpc) is 2.64. The van der Waals surface area contributed by atoms with Crippen LogP contribution in [-0.2, 0) is 15.6 Å². The zero-order valence-electron chi connectivity index (χ0n) is 13.1. The number of halogens is 1. The molecule has 4 heteroatoms. The van der Waals surface area contributed by atoms with E-state index in [1.807, 2.05) is 42.5 Å². The molecule has 24 heavy (non-hydrogen) atoms. The third kappa shape index (κ3) is 3.65. The molecule has 0 aromatic heterocycles. The second-order valence-corrected chi connectivity index (χ2v) is 8.30. The van der Waals surface area contributed by atoms with E-state index < -0.39 is 0 Å². The Morgan fingerprint density at radius 3 is 2.08 bits per heavy atom. The maximum absolute atomic E-state index is 12.2. The van der Waals surface area contributed by atoms with Gasteiger partial charge in [0.2, 0.25) is 0 Å². The van der Waals surface area contributed by atoms with E-state index in [-0.39, 0.29) is 16.9 Å². The fraction of sp³-hybridized carbons (Fsp3) is 0.0500. The van der Waals surface area contributed by atoms with Crippen LogP contribution in [0.1, 0.15) is 10.4 Å². The zero-order chi connectivity index (χ0) is 16.9. The second kappa shape index (κ2) is 7.85. The van der Waals surface area contributed by atoms with Crippen molar-refractivity contribution in [1.82, 2.24) is 0 Å². The minimum absolute atomic E-state index is 0.301. The summed E-state index contributed by atoms with van der Waals surface area (Å²) in [6, 6.07) is 26.4. The van der Waals surface area contributed by atoms with E-state index in [1.165, 1.54) is 20.5 Å². The van der Waals surface area contributed by atoms with Crippen molar-refractivity contribution in [2.75, 3.05) is 7.11 Å². The van der Waals surface area contributed by atoms with Gasteiger partial charge >= 0.3 is 5.97 Å². The second-order valence-electron chi connectivity index (χ2n) is 5.06. The molecule has 2 nitrogen and oxygen atoms in total. The summed E-state index contributed by atoms with van der Waals surface area (Å²) in [7, 11) is 1.06. The Kier molecular flexibility index (Phi) is 5.58. The van der Waals surface area contributed by atoms with Gasteiger partial charge in [-0.25, -0.2) is 4.79 Å². The molecule has 3 aromatic rings. The lowest BCUT2D eigenvalue weighted by Gasteiger charge is -2.11. The highest BCUT2D eigenvalue weighted by Crippen LogP contribution is 2.33. The SMILES string of the molecule is COC(=O)c1ccccc1[S+](c1ccccc1)c1ccc(I)cc1. The summed E-state index contributed by atoms with van der Waals surface area (Å²) in [6.45, 7) is 0. The Balaban J connectivity index is 2.20. The standard InChI is InChI=1S/C20H16IO2S/c1-23-20(22)18-9-5-6-10-19(18)24(16-7-3-2-4-8-16)17-13-11-15(21)12-14-17/h2-14H,1H3/q+1. The lowest BCUT2D eigenvalue weighted by molar-refractivity contribution is 0.0596. The monoisotopic (exact) mass is 447 g/mol. The molecule has 0 fully saturated rings. The van der Waals surface area contributed by atoms with Crippen LogP contribution in [0.2, 0.25) is 0 Å². The Morgan fingerprint density at radius 1 is 0.833 bits per heavy atom. The number of rotatable bonds is 4. The van der Waals surface area contributed by atoms with Crippen LogP contribution >= 0.6 is 22.6 Å². The highest BCUT2D eigenvalue weighted by Gasteiger charge is 2.33. The first-order valence-electron chi connectivity index (χ1n) is 7.43. The number of carbonyl (C=O) groups is 1. The van der Waals surface area contributed by atoms with Gasteiger partial charge in [0.25, 0.3) is 0 Å². The van der Waals surface area contributed by atoms with E-state index in [0.29, 0.717) is 5.56 Å². The minimum Gasteiger partial charge on any atom is -0.465 e. The van der Waals surface area contributed by atoms with Gasteiger partial charge in [0.15, 0.2) is 14.7 Å². The van der Waals surface area contributed by atoms with Crippen LogP contribution in [0.15, 0.2) is 93.5 Å². The number of benzene rings is 3. The van der Waals surface area contributed by atoms with Gasteiger partial charge in [-0.2, -0.15) is 0 Å². The molecule has 1 unspecified atom stereocenters. The average molecular weight is 447 g/mol. The molecule has 0 aliphatic rings. The molecule has 0 N–H and O–H groups in total. The fourth-order valence-electron chi connectivity index (χ4n) is 2.44. The molecule has 0 aliphatic carbocycles. The molecule has 0 heterocycles. The Morgan fingerprint density at radius 2 is 1.42 bits per heavy atom. The van der Waals surface area contributed by atoms with Crippen LogP contribution in [0.4, 0.5) is 0 Å². The maximum Gasteiger partial charge on any atom is 0.343 e. The van der Waals surface area contributed by atoms with Crippen LogP contribution in [0.25, 0.3) is 0 Å². The van der Waals surface area contributed by atoms with Crippen LogP contribution in [0.3, 0.4) is 0 Å². The fourth-order valence-corrected chi connectivity index (χ4v) is 5.00.